The van der Waals surface area contributed by atoms with Crippen LogP contribution in [0.2, 0.25) is 0 Å². The summed E-state index contributed by atoms with van der Waals surface area (Å²) in [5.41, 5.74) is 0. The molecule has 0 aromatic carbocycles. The standard InChI is InChI=1S/C32H45NO14/c1-15(34)33(16(2)35)27-25(43-18(4)37)13-32(31(40)41-7,46-28-23-9-21-8-22(11-23)12-24(28)10-21)47-30(27)29(45-20(6)39)26(44-19(5)38)14-42-17(3)36/h21-30H,8-14H2,1-7H3/t21?,22?,23?,24?,25-,26+,27+,28?,29+,30+,32+/m0/s1. The summed E-state index contributed by atoms with van der Waals surface area (Å²) in [6, 6.07) is -1.53. The molecule has 1 aliphatic heterocycles. The van der Waals surface area contributed by atoms with Crippen LogP contribution in [0.15, 0.2) is 0 Å². The first-order chi connectivity index (χ1) is 22.0. The van der Waals surface area contributed by atoms with Crippen LogP contribution >= 0.6 is 0 Å². The number of hydrogen-bond donors (Lipinski definition) is 0. The molecule has 6 atom stereocenters. The van der Waals surface area contributed by atoms with Crippen LogP contribution in [0.25, 0.3) is 0 Å². The van der Waals surface area contributed by atoms with Gasteiger partial charge in [0.1, 0.15) is 24.9 Å². The summed E-state index contributed by atoms with van der Waals surface area (Å²) in [4.78, 5) is 89.9. The second kappa shape index (κ2) is 14.7. The zero-order valence-electron chi connectivity index (χ0n) is 27.9. The highest BCUT2D eigenvalue weighted by molar-refractivity contribution is 5.93. The fraction of sp³-hybridized carbons (Fsp3) is 0.781. The monoisotopic (exact) mass is 667 g/mol. The average Bonchev–Trinajstić information content (AvgIpc) is 2.95. The molecule has 0 radical (unpaired) electrons. The number of imide groups is 1. The fourth-order valence-corrected chi connectivity index (χ4v) is 8.33. The quantitative estimate of drug-likeness (QED) is 0.228. The van der Waals surface area contributed by atoms with Crippen LogP contribution < -0.4 is 0 Å². The van der Waals surface area contributed by atoms with Crippen molar-refractivity contribution in [1.29, 1.82) is 0 Å². The Hall–Kier alpha value is -3.59. The molecule has 5 rings (SSSR count). The van der Waals surface area contributed by atoms with E-state index in [-0.39, 0.29) is 11.8 Å². The molecule has 15 heteroatoms. The van der Waals surface area contributed by atoms with Gasteiger partial charge in [-0.2, -0.15) is 0 Å². The van der Waals surface area contributed by atoms with Crippen molar-refractivity contribution in [2.45, 2.75) is 122 Å². The van der Waals surface area contributed by atoms with Crippen molar-refractivity contribution in [2.24, 2.45) is 23.7 Å². The number of carbonyl (C=O) groups excluding carboxylic acids is 7. The molecule has 0 aromatic rings. The van der Waals surface area contributed by atoms with Crippen LogP contribution in [0.1, 0.15) is 80.1 Å². The van der Waals surface area contributed by atoms with E-state index in [1.807, 2.05) is 0 Å². The van der Waals surface area contributed by atoms with E-state index < -0.39 is 97.0 Å². The Kier molecular flexibility index (Phi) is 11.3. The first-order valence-electron chi connectivity index (χ1n) is 15.9. The van der Waals surface area contributed by atoms with Gasteiger partial charge in [-0.1, -0.05) is 0 Å². The summed E-state index contributed by atoms with van der Waals surface area (Å²) in [5.74, 6) is -6.83. The predicted octanol–water partition coefficient (Wildman–Crippen LogP) is 1.61. The highest BCUT2D eigenvalue weighted by atomic mass is 16.7. The predicted molar refractivity (Wildman–Crippen MR) is 156 cm³/mol. The van der Waals surface area contributed by atoms with Crippen molar-refractivity contribution in [3.8, 4) is 0 Å². The minimum absolute atomic E-state index is 0.118. The van der Waals surface area contributed by atoms with Crippen molar-refractivity contribution >= 4 is 41.7 Å². The Bertz CT molecular complexity index is 1220. The Morgan fingerprint density at radius 2 is 1.32 bits per heavy atom. The van der Waals surface area contributed by atoms with Gasteiger partial charge in [0.05, 0.1) is 19.6 Å². The van der Waals surface area contributed by atoms with Crippen LogP contribution in [0, 0.1) is 23.7 Å². The number of carbonyl (C=O) groups is 7. The van der Waals surface area contributed by atoms with E-state index in [1.54, 1.807) is 0 Å². The van der Waals surface area contributed by atoms with Crippen molar-refractivity contribution in [1.82, 2.24) is 4.90 Å². The summed E-state index contributed by atoms with van der Waals surface area (Å²) in [5, 5.41) is 0. The minimum Gasteiger partial charge on any atom is -0.465 e. The van der Waals surface area contributed by atoms with E-state index in [9.17, 15) is 33.6 Å². The van der Waals surface area contributed by atoms with E-state index >= 15 is 0 Å². The summed E-state index contributed by atoms with van der Waals surface area (Å²) in [7, 11) is 1.12. The summed E-state index contributed by atoms with van der Waals surface area (Å²) < 4.78 is 40.3. The van der Waals surface area contributed by atoms with Crippen LogP contribution in [-0.4, -0.2) is 103 Å². The smallest absolute Gasteiger partial charge is 0.366 e. The average molecular weight is 668 g/mol. The highest BCUT2D eigenvalue weighted by Crippen LogP contribution is 2.56. The van der Waals surface area contributed by atoms with Gasteiger partial charge < -0.3 is 33.2 Å². The van der Waals surface area contributed by atoms with Gasteiger partial charge in [0.25, 0.3) is 5.79 Å². The number of esters is 5. The molecule has 0 N–H and O–H groups in total. The molecule has 47 heavy (non-hydrogen) atoms. The van der Waals surface area contributed by atoms with Crippen molar-refractivity contribution < 1.29 is 66.7 Å². The van der Waals surface area contributed by atoms with Crippen LogP contribution in [-0.2, 0) is 66.7 Å². The van der Waals surface area contributed by atoms with E-state index in [0.717, 1.165) is 85.7 Å². The maximum Gasteiger partial charge on any atom is 0.366 e. The zero-order valence-corrected chi connectivity index (χ0v) is 27.9. The lowest BCUT2D eigenvalue weighted by Gasteiger charge is -2.57. The van der Waals surface area contributed by atoms with Crippen molar-refractivity contribution in [2.75, 3.05) is 13.7 Å². The maximum atomic E-state index is 13.9. The topological polar surface area (TPSA) is 187 Å². The molecule has 2 amide bonds. The Morgan fingerprint density at radius 3 is 1.77 bits per heavy atom. The van der Waals surface area contributed by atoms with Crippen LogP contribution in [0.4, 0.5) is 0 Å². The molecule has 1 heterocycles. The van der Waals surface area contributed by atoms with Gasteiger partial charge in [-0.05, 0) is 55.8 Å². The van der Waals surface area contributed by atoms with E-state index in [0.29, 0.717) is 11.8 Å². The second-order valence-electron chi connectivity index (χ2n) is 13.1. The Morgan fingerprint density at radius 1 is 0.766 bits per heavy atom. The Balaban J connectivity index is 1.89. The van der Waals surface area contributed by atoms with Gasteiger partial charge in [-0.3, -0.25) is 33.7 Å². The lowest BCUT2D eigenvalue weighted by Crippen LogP contribution is -2.71. The molecule has 4 aliphatic carbocycles. The fourth-order valence-electron chi connectivity index (χ4n) is 8.33. The van der Waals surface area contributed by atoms with Gasteiger partial charge in [0, 0.05) is 41.5 Å². The second-order valence-corrected chi connectivity index (χ2v) is 13.1. The lowest BCUT2D eigenvalue weighted by atomic mass is 9.55. The third kappa shape index (κ3) is 8.11. The summed E-state index contributed by atoms with van der Waals surface area (Å²) in [6.07, 6.45) is -2.64. The molecule has 5 aliphatic rings. The number of amides is 2. The van der Waals surface area contributed by atoms with E-state index in [1.165, 1.54) is 0 Å². The molecule has 262 valence electrons. The molecule has 4 bridgehead atoms. The van der Waals surface area contributed by atoms with Crippen LogP contribution in [0.5, 0.6) is 0 Å². The normalized spacial score (nSPS) is 33.5. The summed E-state index contributed by atoms with van der Waals surface area (Å²) in [6.45, 7) is 5.89. The number of ether oxygens (including phenoxy) is 7. The molecule has 5 fully saturated rings. The minimum atomic E-state index is -2.28. The maximum absolute atomic E-state index is 13.9. The van der Waals surface area contributed by atoms with Gasteiger partial charge in [0.2, 0.25) is 11.8 Å². The first kappa shape index (κ1) is 36.2. The van der Waals surface area contributed by atoms with Gasteiger partial charge in [-0.15, -0.1) is 0 Å². The van der Waals surface area contributed by atoms with Crippen LogP contribution in [0.3, 0.4) is 0 Å². The SMILES string of the molecule is COC(=O)[C@@]1(OC2C3CC4CC(C3)CC2C4)C[C@H](OC(C)=O)[C@@H](N(C(C)=O)C(C)=O)[C@H]([C@H](OC(C)=O)[C@@H](COC(C)=O)OC(C)=O)O1. The zero-order chi connectivity index (χ0) is 34.8. The number of hydrogen-bond acceptors (Lipinski definition) is 14. The molecule has 15 nitrogen and oxygen atoms in total. The lowest BCUT2D eigenvalue weighted by molar-refractivity contribution is -0.345. The third-order valence-electron chi connectivity index (χ3n) is 9.53. The van der Waals surface area contributed by atoms with Gasteiger partial charge in [-0.25, -0.2) is 4.79 Å². The number of methoxy groups -OCH3 is 1. The highest BCUT2D eigenvalue weighted by Gasteiger charge is 2.63. The molecule has 0 aromatic heterocycles. The molecule has 0 unspecified atom stereocenters. The molecular weight excluding hydrogens is 622 g/mol. The molecule has 0 spiro atoms. The molecule has 1 saturated heterocycles. The third-order valence-corrected chi connectivity index (χ3v) is 9.53. The van der Waals surface area contributed by atoms with E-state index in [4.69, 9.17) is 33.2 Å². The van der Waals surface area contributed by atoms with Gasteiger partial charge >= 0.3 is 29.8 Å². The number of nitrogens with zero attached hydrogens (tertiary/aromatic N) is 1. The molecule has 4 saturated carbocycles. The summed E-state index contributed by atoms with van der Waals surface area (Å²) >= 11 is 0. The Labute approximate surface area is 273 Å². The van der Waals surface area contributed by atoms with E-state index in [2.05, 4.69) is 0 Å². The van der Waals surface area contributed by atoms with Gasteiger partial charge in [0.15, 0.2) is 12.2 Å². The van der Waals surface area contributed by atoms with Crippen molar-refractivity contribution in [3.05, 3.63) is 0 Å². The molecular formula is C32H45NO14. The van der Waals surface area contributed by atoms with Crippen molar-refractivity contribution in [3.63, 3.8) is 0 Å². The first-order valence-corrected chi connectivity index (χ1v) is 15.9. The number of rotatable bonds is 11. The largest absolute Gasteiger partial charge is 0.465 e.